The van der Waals surface area contributed by atoms with Gasteiger partial charge in [-0.25, -0.2) is 0 Å². The van der Waals surface area contributed by atoms with E-state index in [1.807, 2.05) is 0 Å². The molecule has 0 aromatic heterocycles. The minimum absolute atomic E-state index is 0.280. The fraction of sp³-hybridized carbons (Fsp3) is 1.00. The van der Waals surface area contributed by atoms with Gasteiger partial charge in [-0.15, -0.1) is 0 Å². The lowest BCUT2D eigenvalue weighted by Gasteiger charge is -2.40. The van der Waals surface area contributed by atoms with Crippen LogP contribution in [-0.2, 0) is 9.47 Å². The minimum Gasteiger partial charge on any atom is -0.394 e. The zero-order valence-corrected chi connectivity index (χ0v) is 7.75. The second-order valence-corrected chi connectivity index (χ2v) is 3.30. The van der Waals surface area contributed by atoms with Crippen molar-refractivity contribution in [2.24, 2.45) is 5.92 Å². The third-order valence-electron chi connectivity index (χ3n) is 2.46. The quantitative estimate of drug-likeness (QED) is 0.507. The predicted octanol–water partition coefficient (Wildman–Crippen LogP) is -1.29. The van der Waals surface area contributed by atoms with Crippen molar-refractivity contribution in [2.45, 2.75) is 31.5 Å². The lowest BCUT2D eigenvalue weighted by atomic mass is 9.91. The predicted molar refractivity (Wildman–Crippen MR) is 43.9 cm³/mol. The van der Waals surface area contributed by atoms with Crippen molar-refractivity contribution in [2.75, 3.05) is 13.7 Å². The van der Waals surface area contributed by atoms with Gasteiger partial charge in [0.2, 0.25) is 0 Å². The number of rotatable bonds is 2. The molecule has 0 amide bonds. The first-order valence-electron chi connectivity index (χ1n) is 4.27. The molecule has 1 fully saturated rings. The molecule has 0 aromatic rings. The van der Waals surface area contributed by atoms with E-state index >= 15 is 0 Å². The van der Waals surface area contributed by atoms with Gasteiger partial charge >= 0.3 is 0 Å². The first-order chi connectivity index (χ1) is 6.11. The smallest absolute Gasteiger partial charge is 0.183 e. The highest BCUT2D eigenvalue weighted by Gasteiger charge is 2.41. The second-order valence-electron chi connectivity index (χ2n) is 3.30. The number of aliphatic hydroxyl groups excluding tert-OH is 3. The topological polar surface area (TPSA) is 79.2 Å². The van der Waals surface area contributed by atoms with Crippen LogP contribution in [0.3, 0.4) is 0 Å². The number of aliphatic hydroxyl groups is 3. The van der Waals surface area contributed by atoms with Crippen molar-refractivity contribution < 1.29 is 24.8 Å². The van der Waals surface area contributed by atoms with E-state index in [4.69, 9.17) is 14.6 Å². The lowest BCUT2D eigenvalue weighted by molar-refractivity contribution is -0.280. The molecule has 1 saturated heterocycles. The third-order valence-corrected chi connectivity index (χ3v) is 2.46. The molecule has 0 bridgehead atoms. The fourth-order valence-electron chi connectivity index (χ4n) is 1.47. The van der Waals surface area contributed by atoms with Gasteiger partial charge in [0.25, 0.3) is 0 Å². The number of ether oxygens (including phenoxy) is 2. The molecule has 0 radical (unpaired) electrons. The molecule has 78 valence electrons. The van der Waals surface area contributed by atoms with Gasteiger partial charge in [-0.3, -0.25) is 0 Å². The molecule has 5 heteroatoms. The van der Waals surface area contributed by atoms with Crippen LogP contribution < -0.4 is 0 Å². The molecular formula is C8H16O5. The average molecular weight is 192 g/mol. The highest BCUT2D eigenvalue weighted by atomic mass is 16.7. The van der Waals surface area contributed by atoms with E-state index in [0.29, 0.717) is 0 Å². The van der Waals surface area contributed by atoms with Crippen molar-refractivity contribution in [1.82, 2.24) is 0 Å². The molecule has 5 atom stereocenters. The average Bonchev–Trinajstić information content (AvgIpc) is 2.15. The summed E-state index contributed by atoms with van der Waals surface area (Å²) in [7, 11) is 1.41. The van der Waals surface area contributed by atoms with Crippen LogP contribution in [0.2, 0.25) is 0 Å². The zero-order chi connectivity index (χ0) is 10.0. The summed E-state index contributed by atoms with van der Waals surface area (Å²) in [5.74, 6) is -0.365. The molecule has 5 nitrogen and oxygen atoms in total. The molecule has 0 aliphatic carbocycles. The third kappa shape index (κ3) is 2.00. The molecule has 3 unspecified atom stereocenters. The Hall–Kier alpha value is -0.200. The van der Waals surface area contributed by atoms with Crippen molar-refractivity contribution >= 4 is 0 Å². The largest absolute Gasteiger partial charge is 0.394 e. The molecule has 13 heavy (non-hydrogen) atoms. The molecule has 3 N–H and O–H groups in total. The summed E-state index contributed by atoms with van der Waals surface area (Å²) in [6.45, 7) is 1.41. The van der Waals surface area contributed by atoms with Crippen LogP contribution in [0.5, 0.6) is 0 Å². The standard InChI is InChI=1S/C8H16O5/c1-4-6(10)5(3-9)13-8(12-2)7(4)11/h4-11H,3H2,1-2H3/t4-,5?,6?,7-,8?/m1/s1. The number of hydrogen-bond acceptors (Lipinski definition) is 5. The van der Waals surface area contributed by atoms with E-state index in [9.17, 15) is 10.2 Å². The van der Waals surface area contributed by atoms with Crippen molar-refractivity contribution in [1.29, 1.82) is 0 Å². The summed E-state index contributed by atoms with van der Waals surface area (Å²) in [6, 6.07) is 0. The van der Waals surface area contributed by atoms with Gasteiger partial charge in [0.1, 0.15) is 12.2 Å². The van der Waals surface area contributed by atoms with Crippen LogP contribution in [0.15, 0.2) is 0 Å². The maximum Gasteiger partial charge on any atom is 0.183 e. The van der Waals surface area contributed by atoms with E-state index in [1.54, 1.807) is 6.92 Å². The Bertz CT molecular complexity index is 143. The van der Waals surface area contributed by atoms with Crippen LogP contribution in [0.25, 0.3) is 0 Å². The van der Waals surface area contributed by atoms with Crippen LogP contribution in [0.1, 0.15) is 6.92 Å². The van der Waals surface area contributed by atoms with E-state index in [-0.39, 0.29) is 12.5 Å². The van der Waals surface area contributed by atoms with Gasteiger partial charge in [-0.1, -0.05) is 6.92 Å². The van der Waals surface area contributed by atoms with Gasteiger partial charge in [-0.05, 0) is 0 Å². The van der Waals surface area contributed by atoms with Crippen molar-refractivity contribution in [3.8, 4) is 0 Å². The minimum atomic E-state index is -0.859. The SMILES string of the molecule is COC1OC(CO)C(O)[C@@H](C)[C@H]1O. The van der Waals surface area contributed by atoms with E-state index in [2.05, 4.69) is 0 Å². The highest BCUT2D eigenvalue weighted by molar-refractivity contribution is 4.86. The molecule has 0 saturated carbocycles. The lowest BCUT2D eigenvalue weighted by Crippen LogP contribution is -2.54. The van der Waals surface area contributed by atoms with Crippen LogP contribution in [0.4, 0.5) is 0 Å². The van der Waals surface area contributed by atoms with Gasteiger partial charge in [0.05, 0.1) is 12.7 Å². The van der Waals surface area contributed by atoms with Gasteiger partial charge in [-0.2, -0.15) is 0 Å². The summed E-state index contributed by atoms with van der Waals surface area (Å²) < 4.78 is 9.97. The maximum atomic E-state index is 9.53. The van der Waals surface area contributed by atoms with E-state index in [0.717, 1.165) is 0 Å². The Kier molecular flexibility index (Phi) is 3.63. The number of methoxy groups -OCH3 is 1. The highest BCUT2D eigenvalue weighted by Crippen LogP contribution is 2.25. The molecule has 1 aliphatic rings. The van der Waals surface area contributed by atoms with Gasteiger partial charge < -0.3 is 24.8 Å². The monoisotopic (exact) mass is 192 g/mol. The molecule has 1 aliphatic heterocycles. The zero-order valence-electron chi connectivity index (χ0n) is 7.75. The molecule has 0 spiro atoms. The van der Waals surface area contributed by atoms with Crippen molar-refractivity contribution in [3.63, 3.8) is 0 Å². The molecular weight excluding hydrogens is 176 g/mol. The van der Waals surface area contributed by atoms with Crippen LogP contribution in [-0.4, -0.2) is 53.6 Å². The Morgan fingerprint density at radius 2 is 1.92 bits per heavy atom. The normalized spacial score (nSPS) is 46.4. The number of hydrogen-bond donors (Lipinski definition) is 3. The molecule has 1 heterocycles. The van der Waals surface area contributed by atoms with Crippen LogP contribution >= 0.6 is 0 Å². The summed E-state index contributed by atoms with van der Waals surface area (Å²) in [6.07, 6.45) is -3.16. The Balaban J connectivity index is 2.66. The first kappa shape index (κ1) is 10.9. The molecule has 1 rings (SSSR count). The fourth-order valence-corrected chi connectivity index (χ4v) is 1.47. The van der Waals surface area contributed by atoms with Crippen LogP contribution in [0, 0.1) is 5.92 Å². The summed E-state index contributed by atoms with van der Waals surface area (Å²) in [4.78, 5) is 0. The van der Waals surface area contributed by atoms with E-state index in [1.165, 1.54) is 7.11 Å². The Morgan fingerprint density at radius 1 is 1.31 bits per heavy atom. The maximum absolute atomic E-state index is 9.53. The Labute approximate surface area is 76.9 Å². The van der Waals surface area contributed by atoms with Gasteiger partial charge in [0.15, 0.2) is 6.29 Å². The molecule has 0 aromatic carbocycles. The van der Waals surface area contributed by atoms with E-state index < -0.39 is 24.6 Å². The van der Waals surface area contributed by atoms with Crippen molar-refractivity contribution in [3.05, 3.63) is 0 Å². The summed E-state index contributed by atoms with van der Waals surface area (Å²) >= 11 is 0. The second kappa shape index (κ2) is 4.34. The summed E-state index contributed by atoms with van der Waals surface area (Å²) in [5.41, 5.74) is 0. The Morgan fingerprint density at radius 3 is 2.38 bits per heavy atom. The first-order valence-corrected chi connectivity index (χ1v) is 4.27. The summed E-state index contributed by atoms with van der Waals surface area (Å²) in [5, 5.41) is 27.9. The van der Waals surface area contributed by atoms with Gasteiger partial charge in [0, 0.05) is 13.0 Å².